The molecule has 2 heterocycles. The molecule has 2 aromatic rings. The highest BCUT2D eigenvalue weighted by atomic mass is 19.1. The predicted molar refractivity (Wildman–Crippen MR) is 147 cm³/mol. The molecule has 2 aromatic carbocycles. The van der Waals surface area contributed by atoms with E-state index in [9.17, 15) is 14.0 Å². The molecule has 0 aromatic heterocycles. The van der Waals surface area contributed by atoms with Crippen molar-refractivity contribution in [3.8, 4) is 5.75 Å². The number of rotatable bonds is 7. The minimum Gasteiger partial charge on any atom is -0.496 e. The number of benzene rings is 2. The monoisotopic (exact) mass is 532 g/mol. The van der Waals surface area contributed by atoms with Gasteiger partial charge in [0.2, 0.25) is 5.91 Å². The molecule has 10 heteroatoms. The van der Waals surface area contributed by atoms with Crippen LogP contribution >= 0.6 is 0 Å². The molecular formula is C29H33FN6O3. The van der Waals surface area contributed by atoms with Crippen molar-refractivity contribution in [3.63, 3.8) is 0 Å². The van der Waals surface area contributed by atoms with Gasteiger partial charge in [-0.25, -0.2) is 9.38 Å². The van der Waals surface area contributed by atoms with Gasteiger partial charge in [0, 0.05) is 37.8 Å². The average Bonchev–Trinajstić information content (AvgIpc) is 3.37. The standard InChI is InChI=1S/C29H33FN6O3/c1-32-28(37)20-9-7-19(8-10-20)27-35-24(25-26(31)33-13-14-36(25)27)18-5-3-17(4-6-18)16-34-29(38)22-15-21(30)11-12-23(22)39-2/h3-6,11-15,19-20,24-25H,7-10,16H2,1-2H3,(H2,31,33)(H,32,37)(H,34,38)/t19-,20-,24?,25?. The molecule has 2 amide bonds. The molecule has 0 saturated heterocycles. The van der Waals surface area contributed by atoms with Crippen LogP contribution in [0.2, 0.25) is 0 Å². The third-order valence-electron chi connectivity index (χ3n) is 7.78. The van der Waals surface area contributed by atoms with Crippen LogP contribution in [0.4, 0.5) is 4.39 Å². The maximum Gasteiger partial charge on any atom is 0.255 e. The highest BCUT2D eigenvalue weighted by molar-refractivity contribution is 5.98. The van der Waals surface area contributed by atoms with Crippen molar-refractivity contribution < 1.29 is 18.7 Å². The Morgan fingerprint density at radius 2 is 1.87 bits per heavy atom. The number of methoxy groups -OCH3 is 1. The molecule has 3 aliphatic rings. The lowest BCUT2D eigenvalue weighted by Crippen LogP contribution is -2.47. The van der Waals surface area contributed by atoms with Crippen LogP contribution in [0.15, 0.2) is 64.8 Å². The van der Waals surface area contributed by atoms with Gasteiger partial charge in [-0.15, -0.1) is 0 Å². The molecule has 1 aliphatic carbocycles. The molecule has 9 nitrogen and oxygen atoms in total. The Morgan fingerprint density at radius 3 is 2.56 bits per heavy atom. The topological polar surface area (TPSA) is 121 Å². The lowest BCUT2D eigenvalue weighted by atomic mass is 9.80. The van der Waals surface area contributed by atoms with E-state index in [-0.39, 0.29) is 41.9 Å². The number of carbonyl (C=O) groups excluding carboxylic acids is 2. The third-order valence-corrected chi connectivity index (χ3v) is 7.78. The van der Waals surface area contributed by atoms with Crippen molar-refractivity contribution in [2.45, 2.75) is 44.3 Å². The van der Waals surface area contributed by atoms with Crippen LogP contribution in [-0.4, -0.2) is 48.6 Å². The Kier molecular flexibility index (Phi) is 7.63. The zero-order valence-electron chi connectivity index (χ0n) is 22.1. The molecule has 0 spiro atoms. The summed E-state index contributed by atoms with van der Waals surface area (Å²) in [7, 11) is 3.13. The van der Waals surface area contributed by atoms with Crippen LogP contribution in [-0.2, 0) is 11.3 Å². The molecule has 5 rings (SSSR count). The summed E-state index contributed by atoms with van der Waals surface area (Å²) < 4.78 is 18.9. The number of fused-ring (bicyclic) bond motifs is 1. The van der Waals surface area contributed by atoms with Gasteiger partial charge in [0.25, 0.3) is 5.91 Å². The van der Waals surface area contributed by atoms with E-state index in [4.69, 9.17) is 15.5 Å². The number of hydrogen-bond donors (Lipinski definition) is 3. The van der Waals surface area contributed by atoms with Crippen molar-refractivity contribution in [3.05, 3.63) is 77.4 Å². The zero-order chi connectivity index (χ0) is 27.5. The molecule has 2 unspecified atom stereocenters. The maximum absolute atomic E-state index is 13.7. The van der Waals surface area contributed by atoms with E-state index in [1.54, 1.807) is 13.2 Å². The van der Waals surface area contributed by atoms with Crippen molar-refractivity contribution >= 4 is 23.5 Å². The Bertz CT molecular complexity index is 1330. The minimum absolute atomic E-state index is 0.0541. The Morgan fingerprint density at radius 1 is 1.13 bits per heavy atom. The fourth-order valence-electron chi connectivity index (χ4n) is 5.67. The van der Waals surface area contributed by atoms with Crippen molar-refractivity contribution in [2.75, 3.05) is 14.2 Å². The second kappa shape index (κ2) is 11.3. The summed E-state index contributed by atoms with van der Waals surface area (Å²) in [6.07, 6.45) is 7.11. The maximum atomic E-state index is 13.7. The van der Waals surface area contributed by atoms with E-state index in [1.165, 1.54) is 19.2 Å². The lowest BCUT2D eigenvalue weighted by molar-refractivity contribution is -0.125. The number of amides is 2. The number of aliphatic imine (C=N–C) groups is 2. The quantitative estimate of drug-likeness (QED) is 0.505. The summed E-state index contributed by atoms with van der Waals surface area (Å²) in [5.41, 5.74) is 8.39. The summed E-state index contributed by atoms with van der Waals surface area (Å²) in [5.74, 6) is 1.32. The predicted octanol–water partition coefficient (Wildman–Crippen LogP) is 3.28. The minimum atomic E-state index is -0.504. The largest absolute Gasteiger partial charge is 0.496 e. The lowest BCUT2D eigenvalue weighted by Gasteiger charge is -2.34. The number of nitrogens with zero attached hydrogens (tertiary/aromatic N) is 3. The number of halogens is 1. The van der Waals surface area contributed by atoms with Gasteiger partial charge in [-0.2, -0.15) is 0 Å². The van der Waals surface area contributed by atoms with E-state index in [1.807, 2.05) is 30.5 Å². The van der Waals surface area contributed by atoms with Crippen LogP contribution in [0.5, 0.6) is 5.75 Å². The summed E-state index contributed by atoms with van der Waals surface area (Å²) in [6, 6.07) is 11.3. The number of nitrogens with one attached hydrogen (secondary N) is 2. The van der Waals surface area contributed by atoms with Gasteiger partial charge in [0.05, 0.1) is 12.7 Å². The Balaban J connectivity index is 1.29. The summed E-state index contributed by atoms with van der Waals surface area (Å²) in [4.78, 5) is 36.4. The van der Waals surface area contributed by atoms with E-state index in [0.29, 0.717) is 11.6 Å². The van der Waals surface area contributed by atoms with Crippen LogP contribution in [0.1, 0.15) is 53.2 Å². The molecule has 1 saturated carbocycles. The first kappa shape index (κ1) is 26.4. The number of ether oxygens (including phenoxy) is 1. The smallest absolute Gasteiger partial charge is 0.255 e. The summed E-state index contributed by atoms with van der Waals surface area (Å²) in [6.45, 7) is 0.272. The number of hydrogen-bond acceptors (Lipinski definition) is 7. The molecule has 204 valence electrons. The van der Waals surface area contributed by atoms with Crippen LogP contribution < -0.4 is 21.1 Å². The average molecular weight is 533 g/mol. The fourth-order valence-corrected chi connectivity index (χ4v) is 5.67. The molecule has 39 heavy (non-hydrogen) atoms. The van der Waals surface area contributed by atoms with Gasteiger partial charge >= 0.3 is 0 Å². The van der Waals surface area contributed by atoms with Gasteiger partial charge in [-0.3, -0.25) is 14.6 Å². The SMILES string of the molecule is CNC(=O)[C@H]1CC[C@H](C2=NC(c3ccc(CNC(=O)c4cc(F)ccc4OC)cc3)C3C(N)=NC=CN23)CC1. The molecule has 4 N–H and O–H groups in total. The summed E-state index contributed by atoms with van der Waals surface area (Å²) >= 11 is 0. The third kappa shape index (κ3) is 5.36. The van der Waals surface area contributed by atoms with Crippen LogP contribution in [0.25, 0.3) is 0 Å². The van der Waals surface area contributed by atoms with E-state index < -0.39 is 11.7 Å². The van der Waals surface area contributed by atoms with Crippen molar-refractivity contribution in [1.29, 1.82) is 0 Å². The van der Waals surface area contributed by atoms with E-state index in [0.717, 1.165) is 48.7 Å². The normalized spacial score (nSPS) is 23.9. The fraction of sp³-hybridized carbons (Fsp3) is 0.379. The van der Waals surface area contributed by atoms with Crippen molar-refractivity contribution in [1.82, 2.24) is 15.5 Å². The van der Waals surface area contributed by atoms with Gasteiger partial charge < -0.3 is 26.0 Å². The molecule has 0 bridgehead atoms. The first-order valence-corrected chi connectivity index (χ1v) is 13.2. The highest BCUT2D eigenvalue weighted by Gasteiger charge is 2.43. The summed E-state index contributed by atoms with van der Waals surface area (Å²) in [5, 5.41) is 5.59. The van der Waals surface area contributed by atoms with Crippen molar-refractivity contribution in [2.24, 2.45) is 27.6 Å². The molecule has 0 radical (unpaired) electrons. The molecular weight excluding hydrogens is 499 g/mol. The molecule has 2 aliphatic heterocycles. The van der Waals surface area contributed by atoms with Gasteiger partial charge in [0.15, 0.2) is 0 Å². The number of nitrogens with two attached hydrogens (primary N) is 1. The Labute approximate surface area is 227 Å². The van der Waals surface area contributed by atoms with Gasteiger partial charge in [-0.1, -0.05) is 24.3 Å². The Hall–Kier alpha value is -4.21. The van der Waals surface area contributed by atoms with E-state index >= 15 is 0 Å². The first-order valence-electron chi connectivity index (χ1n) is 13.2. The molecule has 2 atom stereocenters. The number of carbonyl (C=O) groups is 2. The second-order valence-electron chi connectivity index (χ2n) is 10.1. The zero-order valence-corrected chi connectivity index (χ0v) is 22.1. The van der Waals surface area contributed by atoms with Crippen LogP contribution in [0, 0.1) is 17.7 Å². The molecule has 1 fully saturated rings. The first-order chi connectivity index (χ1) is 18.9. The van der Waals surface area contributed by atoms with Gasteiger partial charge in [0.1, 0.15) is 35.3 Å². The van der Waals surface area contributed by atoms with Crippen LogP contribution in [0.3, 0.4) is 0 Å². The highest BCUT2D eigenvalue weighted by Crippen LogP contribution is 2.39. The second-order valence-corrected chi connectivity index (χ2v) is 10.1. The number of amidine groups is 2. The van der Waals surface area contributed by atoms with E-state index in [2.05, 4.69) is 20.5 Å². The van der Waals surface area contributed by atoms with Gasteiger partial charge in [-0.05, 0) is 55.0 Å².